The Kier molecular flexibility index (Phi) is 4.93. The number of halogens is 1. The zero-order valence-corrected chi connectivity index (χ0v) is 11.7. The van der Waals surface area contributed by atoms with Crippen molar-refractivity contribution in [1.29, 1.82) is 0 Å². The number of rotatable bonds is 2. The molecule has 0 aliphatic carbocycles. The Morgan fingerprint density at radius 2 is 1.35 bits per heavy atom. The summed E-state index contributed by atoms with van der Waals surface area (Å²) in [6.45, 7) is 0. The fourth-order valence-electron chi connectivity index (χ4n) is 1.75. The minimum Gasteiger partial charge on any atom is -0.478 e. The van der Waals surface area contributed by atoms with E-state index in [2.05, 4.69) is 9.97 Å². The van der Waals surface area contributed by atoms with E-state index in [4.69, 9.17) is 10.2 Å². The second kappa shape index (κ2) is 7.08. The largest absolute Gasteiger partial charge is 0.478 e. The van der Waals surface area contributed by atoms with Crippen LogP contribution in [0.5, 0.6) is 0 Å². The normalized spacial score (nSPS) is 10.5. The Hall–Kier alpha value is -3.35. The summed E-state index contributed by atoms with van der Waals surface area (Å²) in [4.78, 5) is 27.7. The molecule has 23 heavy (non-hydrogen) atoms. The van der Waals surface area contributed by atoms with E-state index in [0.717, 1.165) is 11.0 Å². The van der Waals surface area contributed by atoms with Crippen molar-refractivity contribution in [3.05, 3.63) is 60.4 Å². The fourth-order valence-corrected chi connectivity index (χ4v) is 1.75. The Morgan fingerprint density at radius 3 is 1.91 bits per heavy atom. The van der Waals surface area contributed by atoms with Crippen LogP contribution in [0, 0.1) is 5.82 Å². The van der Waals surface area contributed by atoms with Crippen LogP contribution >= 0.6 is 0 Å². The van der Waals surface area contributed by atoms with E-state index in [1.54, 1.807) is 12.1 Å². The molecule has 0 spiro atoms. The second-order valence-electron chi connectivity index (χ2n) is 4.33. The highest BCUT2D eigenvalue weighted by Crippen LogP contribution is 2.17. The maximum atomic E-state index is 13.4. The molecule has 3 rings (SSSR count). The van der Waals surface area contributed by atoms with Gasteiger partial charge in [-0.25, -0.2) is 23.9 Å². The van der Waals surface area contributed by atoms with Crippen molar-refractivity contribution in [3.8, 4) is 0 Å². The Balaban J connectivity index is 0.000000207. The summed E-state index contributed by atoms with van der Waals surface area (Å²) in [6, 6.07) is 12.2. The Morgan fingerprint density at radius 1 is 0.826 bits per heavy atom. The molecule has 2 N–H and O–H groups in total. The number of carbonyl (C=O) groups is 2. The van der Waals surface area contributed by atoms with E-state index in [1.165, 1.54) is 6.07 Å². The van der Waals surface area contributed by atoms with Crippen LogP contribution in [-0.4, -0.2) is 32.1 Å². The van der Waals surface area contributed by atoms with Crippen molar-refractivity contribution in [2.75, 3.05) is 0 Å². The number of benzene rings is 2. The lowest BCUT2D eigenvalue weighted by Gasteiger charge is -2.00. The lowest BCUT2D eigenvalue weighted by atomic mass is 10.2. The molecule has 0 atom stereocenters. The van der Waals surface area contributed by atoms with Crippen LogP contribution < -0.4 is 0 Å². The zero-order chi connectivity index (χ0) is 16.8. The minimum atomic E-state index is -1.26. The van der Waals surface area contributed by atoms with Gasteiger partial charge in [-0.1, -0.05) is 18.2 Å². The first kappa shape index (κ1) is 16.0. The summed E-state index contributed by atoms with van der Waals surface area (Å²) < 4.78 is 13.4. The SMILES string of the molecule is Fc1cccc2nc3ccccc3nc12.O=C(O)/C=C\C(=O)O. The number of nitrogens with zero attached hydrogens (tertiary/aromatic N) is 2. The molecule has 1 aromatic heterocycles. The molecule has 1 heterocycles. The van der Waals surface area contributed by atoms with Gasteiger partial charge in [-0.3, -0.25) is 0 Å². The van der Waals surface area contributed by atoms with Gasteiger partial charge in [0.15, 0.2) is 5.82 Å². The summed E-state index contributed by atoms with van der Waals surface area (Å²) in [5.41, 5.74) is 2.43. The standard InChI is InChI=1S/C12H7FN2.C4H4O4/c13-8-4-3-7-11-12(8)15-10-6-2-1-5-9(10)14-11;5-3(6)1-2-4(7)8/h1-7H;1-2H,(H,5,6)(H,7,8)/b;2-1-. The third-order valence-electron chi connectivity index (χ3n) is 2.69. The van der Waals surface area contributed by atoms with Crippen LogP contribution in [0.15, 0.2) is 54.6 Å². The van der Waals surface area contributed by atoms with Gasteiger partial charge in [-0.2, -0.15) is 0 Å². The molecule has 0 aliphatic heterocycles. The Labute approximate surface area is 129 Å². The third-order valence-corrected chi connectivity index (χ3v) is 2.69. The van der Waals surface area contributed by atoms with Crippen LogP contribution in [0.4, 0.5) is 4.39 Å². The van der Waals surface area contributed by atoms with Crippen molar-refractivity contribution in [2.24, 2.45) is 0 Å². The summed E-state index contributed by atoms with van der Waals surface area (Å²) in [5.74, 6) is -2.84. The number of carboxylic acids is 2. The number of aromatic nitrogens is 2. The molecule has 0 amide bonds. The van der Waals surface area contributed by atoms with Crippen molar-refractivity contribution < 1.29 is 24.2 Å². The monoisotopic (exact) mass is 314 g/mol. The third kappa shape index (κ3) is 4.31. The molecule has 6 nitrogen and oxygen atoms in total. The molecule has 0 radical (unpaired) electrons. The first-order valence-electron chi connectivity index (χ1n) is 6.42. The number of fused-ring (bicyclic) bond motifs is 2. The highest BCUT2D eigenvalue weighted by atomic mass is 19.1. The van der Waals surface area contributed by atoms with E-state index < -0.39 is 11.9 Å². The zero-order valence-electron chi connectivity index (χ0n) is 11.7. The molecule has 116 valence electrons. The van der Waals surface area contributed by atoms with Gasteiger partial charge in [-0.05, 0) is 24.3 Å². The van der Waals surface area contributed by atoms with Crippen LogP contribution in [-0.2, 0) is 9.59 Å². The van der Waals surface area contributed by atoms with Gasteiger partial charge in [0.05, 0.1) is 16.6 Å². The second-order valence-corrected chi connectivity index (χ2v) is 4.33. The molecule has 0 fully saturated rings. The molecule has 2 aromatic carbocycles. The van der Waals surface area contributed by atoms with Gasteiger partial charge in [0, 0.05) is 12.2 Å². The van der Waals surface area contributed by atoms with Crippen LogP contribution in [0.25, 0.3) is 22.1 Å². The highest BCUT2D eigenvalue weighted by molar-refractivity contribution is 5.89. The maximum Gasteiger partial charge on any atom is 0.328 e. The van der Waals surface area contributed by atoms with E-state index >= 15 is 0 Å². The van der Waals surface area contributed by atoms with Gasteiger partial charge in [-0.15, -0.1) is 0 Å². The maximum absolute atomic E-state index is 13.4. The van der Waals surface area contributed by atoms with E-state index in [9.17, 15) is 14.0 Å². The van der Waals surface area contributed by atoms with Crippen LogP contribution in [0.3, 0.4) is 0 Å². The van der Waals surface area contributed by atoms with Crippen molar-refractivity contribution >= 4 is 34.0 Å². The van der Waals surface area contributed by atoms with E-state index in [1.807, 2.05) is 24.3 Å². The summed E-state index contributed by atoms with van der Waals surface area (Å²) in [5, 5.41) is 15.6. The number of para-hydroxylation sites is 3. The van der Waals surface area contributed by atoms with Crippen LogP contribution in [0.1, 0.15) is 0 Å². The molecule has 0 unspecified atom stereocenters. The molecule has 0 aliphatic rings. The quantitative estimate of drug-likeness (QED) is 0.557. The Bertz CT molecular complexity index is 893. The van der Waals surface area contributed by atoms with Crippen LogP contribution in [0.2, 0.25) is 0 Å². The van der Waals surface area contributed by atoms with Gasteiger partial charge in [0.2, 0.25) is 0 Å². The molecular weight excluding hydrogens is 303 g/mol. The number of aliphatic carboxylic acids is 2. The van der Waals surface area contributed by atoms with E-state index in [0.29, 0.717) is 23.2 Å². The first-order chi connectivity index (χ1) is 11.0. The molecule has 0 saturated carbocycles. The van der Waals surface area contributed by atoms with Crippen molar-refractivity contribution in [2.45, 2.75) is 0 Å². The predicted molar refractivity (Wildman–Crippen MR) is 81.4 cm³/mol. The van der Waals surface area contributed by atoms with Crippen molar-refractivity contribution in [1.82, 2.24) is 9.97 Å². The average molecular weight is 314 g/mol. The lowest BCUT2D eigenvalue weighted by molar-refractivity contribution is -0.134. The molecule has 7 heteroatoms. The number of hydrogen-bond donors (Lipinski definition) is 2. The summed E-state index contributed by atoms with van der Waals surface area (Å²) in [6.07, 6.45) is 1.12. The smallest absolute Gasteiger partial charge is 0.328 e. The van der Waals surface area contributed by atoms with Crippen molar-refractivity contribution in [3.63, 3.8) is 0 Å². The fraction of sp³-hybridized carbons (Fsp3) is 0. The van der Waals surface area contributed by atoms with Gasteiger partial charge < -0.3 is 10.2 Å². The lowest BCUT2D eigenvalue weighted by Crippen LogP contribution is -1.91. The molecule has 0 saturated heterocycles. The highest BCUT2D eigenvalue weighted by Gasteiger charge is 2.04. The minimum absolute atomic E-state index is 0.328. The molecular formula is C16H11FN2O4. The first-order valence-corrected chi connectivity index (χ1v) is 6.42. The van der Waals surface area contributed by atoms with Gasteiger partial charge in [0.25, 0.3) is 0 Å². The van der Waals surface area contributed by atoms with E-state index in [-0.39, 0.29) is 5.82 Å². The van der Waals surface area contributed by atoms with Gasteiger partial charge >= 0.3 is 11.9 Å². The average Bonchev–Trinajstić information content (AvgIpc) is 2.52. The van der Waals surface area contributed by atoms with Gasteiger partial charge in [0.1, 0.15) is 5.52 Å². The number of carboxylic acid groups (broad SMARTS) is 2. The summed E-state index contributed by atoms with van der Waals surface area (Å²) in [7, 11) is 0. The molecule has 3 aromatic rings. The predicted octanol–water partition coefficient (Wildman–Crippen LogP) is 2.63. The number of hydrogen-bond acceptors (Lipinski definition) is 4. The molecule has 0 bridgehead atoms. The summed E-state index contributed by atoms with van der Waals surface area (Å²) >= 11 is 0. The topological polar surface area (TPSA) is 100 Å².